The van der Waals surface area contributed by atoms with Gasteiger partial charge >= 0.3 is 0 Å². The highest BCUT2D eigenvalue weighted by molar-refractivity contribution is 6.30. The van der Waals surface area contributed by atoms with E-state index >= 15 is 0 Å². The van der Waals surface area contributed by atoms with Crippen molar-refractivity contribution in [3.63, 3.8) is 0 Å². The maximum absolute atomic E-state index is 11.0. The van der Waals surface area contributed by atoms with Crippen molar-refractivity contribution in [2.45, 2.75) is 6.10 Å². The zero-order valence-electron chi connectivity index (χ0n) is 7.12. The van der Waals surface area contributed by atoms with Crippen LogP contribution in [0.5, 0.6) is 0 Å². The molecule has 0 aliphatic heterocycles. The number of hydrogen-bond donors (Lipinski definition) is 2. The molecule has 0 spiro atoms. The predicted molar refractivity (Wildman–Crippen MR) is 50.5 cm³/mol. The van der Waals surface area contributed by atoms with E-state index in [2.05, 4.69) is 5.32 Å². The van der Waals surface area contributed by atoms with Gasteiger partial charge in [-0.15, -0.1) is 0 Å². The van der Waals surface area contributed by atoms with Crippen LogP contribution in [0.15, 0.2) is 24.3 Å². The molecule has 1 amide bonds. The fourth-order valence-electron chi connectivity index (χ4n) is 0.965. The zero-order valence-corrected chi connectivity index (χ0v) is 7.88. The van der Waals surface area contributed by atoms with Gasteiger partial charge in [-0.25, -0.2) is 0 Å². The number of rotatable bonds is 2. The summed E-state index contributed by atoms with van der Waals surface area (Å²) >= 11 is 5.69. The molecule has 13 heavy (non-hydrogen) atoms. The van der Waals surface area contributed by atoms with Crippen LogP contribution < -0.4 is 5.32 Å². The Morgan fingerprint density at radius 2 is 2.31 bits per heavy atom. The van der Waals surface area contributed by atoms with Crippen molar-refractivity contribution in [2.24, 2.45) is 0 Å². The Morgan fingerprint density at radius 1 is 1.62 bits per heavy atom. The van der Waals surface area contributed by atoms with E-state index in [9.17, 15) is 9.90 Å². The molecule has 0 aliphatic carbocycles. The van der Waals surface area contributed by atoms with Crippen LogP contribution >= 0.6 is 11.6 Å². The van der Waals surface area contributed by atoms with Gasteiger partial charge < -0.3 is 10.4 Å². The topological polar surface area (TPSA) is 49.3 Å². The predicted octanol–water partition coefficient (Wildman–Crippen LogP) is 1.12. The minimum Gasteiger partial charge on any atom is -0.378 e. The molecule has 0 aliphatic rings. The molecule has 0 bridgehead atoms. The smallest absolute Gasteiger partial charge is 0.253 e. The summed E-state index contributed by atoms with van der Waals surface area (Å²) in [5.74, 6) is -0.442. The summed E-state index contributed by atoms with van der Waals surface area (Å²) in [6.07, 6.45) is -1.15. The van der Waals surface area contributed by atoms with Crippen molar-refractivity contribution < 1.29 is 9.90 Å². The summed E-state index contributed by atoms with van der Waals surface area (Å²) in [6.45, 7) is 0. The molecule has 1 atom stereocenters. The number of carbonyl (C=O) groups excluding carboxylic acids is 1. The van der Waals surface area contributed by atoms with E-state index in [1.54, 1.807) is 24.3 Å². The Balaban J connectivity index is 2.88. The third-order valence-electron chi connectivity index (χ3n) is 1.66. The zero-order chi connectivity index (χ0) is 9.84. The van der Waals surface area contributed by atoms with E-state index in [4.69, 9.17) is 11.6 Å². The lowest BCUT2D eigenvalue weighted by Crippen LogP contribution is -2.25. The Labute approximate surface area is 81.3 Å². The first-order valence-corrected chi connectivity index (χ1v) is 4.18. The van der Waals surface area contributed by atoms with Crippen molar-refractivity contribution in [3.8, 4) is 0 Å². The van der Waals surface area contributed by atoms with Gasteiger partial charge in [0.1, 0.15) is 0 Å². The van der Waals surface area contributed by atoms with E-state index in [0.29, 0.717) is 10.6 Å². The quantitative estimate of drug-likeness (QED) is 0.750. The van der Waals surface area contributed by atoms with Crippen molar-refractivity contribution in [2.75, 3.05) is 7.05 Å². The number of nitrogens with one attached hydrogen (secondary N) is 1. The maximum atomic E-state index is 11.0. The largest absolute Gasteiger partial charge is 0.378 e. The van der Waals surface area contributed by atoms with Gasteiger partial charge in [0.15, 0.2) is 6.10 Å². The summed E-state index contributed by atoms with van der Waals surface area (Å²) in [4.78, 5) is 11.0. The second-order valence-corrected chi connectivity index (χ2v) is 3.01. The molecule has 0 saturated carbocycles. The molecule has 0 saturated heterocycles. The Hall–Kier alpha value is -1.06. The lowest BCUT2D eigenvalue weighted by atomic mass is 10.1. The first-order valence-electron chi connectivity index (χ1n) is 3.80. The molecule has 0 aromatic heterocycles. The third kappa shape index (κ3) is 2.44. The Morgan fingerprint density at radius 3 is 2.85 bits per heavy atom. The van der Waals surface area contributed by atoms with Crippen LogP contribution in [-0.4, -0.2) is 18.1 Å². The Bertz CT molecular complexity index is 314. The molecular formula is C9H10ClNO2. The summed E-state index contributed by atoms with van der Waals surface area (Å²) < 4.78 is 0. The highest BCUT2D eigenvalue weighted by atomic mass is 35.5. The van der Waals surface area contributed by atoms with Crippen LogP contribution in [0.3, 0.4) is 0 Å². The lowest BCUT2D eigenvalue weighted by Gasteiger charge is -2.08. The van der Waals surface area contributed by atoms with Crippen molar-refractivity contribution >= 4 is 17.5 Å². The van der Waals surface area contributed by atoms with E-state index in [1.807, 2.05) is 0 Å². The number of aliphatic hydroxyl groups is 1. The fourth-order valence-corrected chi connectivity index (χ4v) is 1.16. The molecule has 0 radical (unpaired) electrons. The highest BCUT2D eigenvalue weighted by Gasteiger charge is 2.15. The van der Waals surface area contributed by atoms with Gasteiger partial charge in [-0.1, -0.05) is 23.7 Å². The second-order valence-electron chi connectivity index (χ2n) is 2.57. The third-order valence-corrected chi connectivity index (χ3v) is 1.89. The van der Waals surface area contributed by atoms with Crippen LogP contribution in [0.4, 0.5) is 0 Å². The SMILES string of the molecule is CNC(=O)C(O)c1cccc(Cl)c1. The van der Waals surface area contributed by atoms with Gasteiger partial charge in [0.05, 0.1) is 0 Å². The summed E-state index contributed by atoms with van der Waals surface area (Å²) in [5, 5.41) is 12.3. The molecule has 3 nitrogen and oxygen atoms in total. The minimum absolute atomic E-state index is 0.442. The Kier molecular flexibility index (Phi) is 3.28. The van der Waals surface area contributed by atoms with E-state index in [0.717, 1.165) is 0 Å². The molecule has 1 aromatic carbocycles. The fraction of sp³-hybridized carbons (Fsp3) is 0.222. The molecule has 0 fully saturated rings. The molecule has 70 valence electrons. The summed E-state index contributed by atoms with van der Waals surface area (Å²) in [5.41, 5.74) is 0.492. The molecular weight excluding hydrogens is 190 g/mol. The number of amides is 1. The van der Waals surface area contributed by atoms with Crippen molar-refractivity contribution in [1.82, 2.24) is 5.32 Å². The van der Waals surface area contributed by atoms with E-state index < -0.39 is 12.0 Å². The maximum Gasteiger partial charge on any atom is 0.253 e. The second kappa shape index (κ2) is 4.25. The number of halogens is 1. The van der Waals surface area contributed by atoms with Gasteiger partial charge in [0.25, 0.3) is 5.91 Å². The van der Waals surface area contributed by atoms with Gasteiger partial charge in [0, 0.05) is 12.1 Å². The summed E-state index contributed by atoms with van der Waals surface area (Å²) in [7, 11) is 1.47. The van der Waals surface area contributed by atoms with Gasteiger partial charge in [-0.2, -0.15) is 0 Å². The molecule has 4 heteroatoms. The number of benzene rings is 1. The van der Waals surface area contributed by atoms with Crippen LogP contribution in [0, 0.1) is 0 Å². The van der Waals surface area contributed by atoms with E-state index in [1.165, 1.54) is 7.05 Å². The highest BCUT2D eigenvalue weighted by Crippen LogP contribution is 2.17. The average molecular weight is 200 g/mol. The van der Waals surface area contributed by atoms with Crippen molar-refractivity contribution in [1.29, 1.82) is 0 Å². The number of hydrogen-bond acceptors (Lipinski definition) is 2. The summed E-state index contributed by atoms with van der Waals surface area (Å²) in [6, 6.07) is 6.57. The van der Waals surface area contributed by atoms with Gasteiger partial charge in [-0.3, -0.25) is 4.79 Å². The molecule has 2 N–H and O–H groups in total. The molecule has 0 heterocycles. The van der Waals surface area contributed by atoms with Crippen LogP contribution in [0.25, 0.3) is 0 Å². The molecule has 1 aromatic rings. The number of aliphatic hydroxyl groups excluding tert-OH is 1. The lowest BCUT2D eigenvalue weighted by molar-refractivity contribution is -0.129. The molecule has 1 rings (SSSR count). The first-order chi connectivity index (χ1) is 6.15. The van der Waals surface area contributed by atoms with E-state index in [-0.39, 0.29) is 0 Å². The number of carbonyl (C=O) groups is 1. The standard InChI is InChI=1S/C9H10ClNO2/c1-11-9(13)8(12)6-3-2-4-7(10)5-6/h2-5,8,12H,1H3,(H,11,13). The first kappa shape index (κ1) is 10.0. The minimum atomic E-state index is -1.15. The van der Waals surface area contributed by atoms with Gasteiger partial charge in [0.2, 0.25) is 0 Å². The van der Waals surface area contributed by atoms with Crippen LogP contribution in [0.2, 0.25) is 5.02 Å². The van der Waals surface area contributed by atoms with Crippen molar-refractivity contribution in [3.05, 3.63) is 34.9 Å². The van der Waals surface area contributed by atoms with Gasteiger partial charge in [-0.05, 0) is 17.7 Å². The monoisotopic (exact) mass is 199 g/mol. The van der Waals surface area contributed by atoms with Crippen LogP contribution in [-0.2, 0) is 4.79 Å². The van der Waals surface area contributed by atoms with Crippen LogP contribution in [0.1, 0.15) is 11.7 Å². The molecule has 1 unspecified atom stereocenters. The normalized spacial score (nSPS) is 12.2. The number of likely N-dealkylation sites (N-methyl/N-ethyl adjacent to an activating group) is 1. The average Bonchev–Trinajstić information content (AvgIpc) is 2.15.